The Morgan fingerprint density at radius 3 is 2.85 bits per heavy atom. The standard InChI is InChI=1S/C14H9N3O3/c18-8-11-12-6-9(14(19)20)3-5-17(12)13(16-11)10-2-1-4-15-7-10/h1-8H,(H,19,20). The number of pyridine rings is 2. The van der Waals surface area contributed by atoms with Crippen molar-refractivity contribution in [3.8, 4) is 11.4 Å². The maximum absolute atomic E-state index is 11.1. The zero-order valence-corrected chi connectivity index (χ0v) is 10.2. The summed E-state index contributed by atoms with van der Waals surface area (Å²) in [7, 11) is 0. The monoisotopic (exact) mass is 267 g/mol. The number of hydrogen-bond acceptors (Lipinski definition) is 4. The van der Waals surface area contributed by atoms with Crippen LogP contribution in [-0.4, -0.2) is 31.7 Å². The summed E-state index contributed by atoms with van der Waals surface area (Å²) in [5, 5.41) is 9.00. The van der Waals surface area contributed by atoms with Gasteiger partial charge in [0.25, 0.3) is 0 Å². The molecular weight excluding hydrogens is 258 g/mol. The number of aromatic carboxylic acids is 1. The molecule has 0 aliphatic carbocycles. The van der Waals surface area contributed by atoms with Gasteiger partial charge < -0.3 is 5.11 Å². The largest absolute Gasteiger partial charge is 0.478 e. The van der Waals surface area contributed by atoms with Crippen molar-refractivity contribution in [1.82, 2.24) is 14.4 Å². The average molecular weight is 267 g/mol. The van der Waals surface area contributed by atoms with E-state index in [0.29, 0.717) is 17.6 Å². The lowest BCUT2D eigenvalue weighted by Gasteiger charge is -2.01. The maximum Gasteiger partial charge on any atom is 0.335 e. The molecule has 3 rings (SSSR count). The van der Waals surface area contributed by atoms with Gasteiger partial charge in [0.15, 0.2) is 6.29 Å². The van der Waals surface area contributed by atoms with Crippen molar-refractivity contribution < 1.29 is 14.7 Å². The summed E-state index contributed by atoms with van der Waals surface area (Å²) in [6.07, 6.45) is 5.47. The lowest BCUT2D eigenvalue weighted by molar-refractivity contribution is 0.0696. The number of imidazole rings is 1. The van der Waals surface area contributed by atoms with Gasteiger partial charge in [-0.1, -0.05) is 0 Å². The number of hydrogen-bond donors (Lipinski definition) is 1. The van der Waals surface area contributed by atoms with Gasteiger partial charge in [0, 0.05) is 24.2 Å². The predicted octanol–water partition coefficient (Wildman–Crippen LogP) is 1.91. The fourth-order valence-corrected chi connectivity index (χ4v) is 2.03. The Hall–Kier alpha value is -3.02. The van der Waals surface area contributed by atoms with E-state index < -0.39 is 5.97 Å². The van der Waals surface area contributed by atoms with E-state index in [1.165, 1.54) is 12.1 Å². The zero-order valence-electron chi connectivity index (χ0n) is 10.2. The fourth-order valence-electron chi connectivity index (χ4n) is 2.03. The first-order chi connectivity index (χ1) is 9.70. The van der Waals surface area contributed by atoms with Crippen molar-refractivity contribution >= 4 is 17.8 Å². The molecule has 3 aromatic heterocycles. The van der Waals surface area contributed by atoms with Crippen LogP contribution in [0.5, 0.6) is 0 Å². The fraction of sp³-hybridized carbons (Fsp3) is 0. The van der Waals surface area contributed by atoms with Crippen LogP contribution in [0.3, 0.4) is 0 Å². The van der Waals surface area contributed by atoms with Gasteiger partial charge in [-0.2, -0.15) is 0 Å². The Labute approximate surface area is 113 Å². The van der Waals surface area contributed by atoms with Crippen molar-refractivity contribution in [1.29, 1.82) is 0 Å². The Kier molecular flexibility index (Phi) is 2.76. The molecular formula is C14H9N3O3. The molecule has 0 aromatic carbocycles. The first kappa shape index (κ1) is 12.0. The second-order valence-corrected chi connectivity index (χ2v) is 4.16. The first-order valence-electron chi connectivity index (χ1n) is 5.81. The van der Waals surface area contributed by atoms with Crippen LogP contribution < -0.4 is 0 Å². The van der Waals surface area contributed by atoms with E-state index in [2.05, 4.69) is 9.97 Å². The Morgan fingerprint density at radius 2 is 2.20 bits per heavy atom. The van der Waals surface area contributed by atoms with Crippen molar-refractivity contribution in [3.63, 3.8) is 0 Å². The molecule has 6 heteroatoms. The third kappa shape index (κ3) is 1.83. The third-order valence-electron chi connectivity index (χ3n) is 2.95. The lowest BCUT2D eigenvalue weighted by Crippen LogP contribution is -1.98. The lowest BCUT2D eigenvalue weighted by atomic mass is 10.2. The number of carboxylic acid groups (broad SMARTS) is 1. The van der Waals surface area contributed by atoms with Crippen molar-refractivity contribution in [3.05, 3.63) is 54.1 Å². The topological polar surface area (TPSA) is 84.6 Å². The van der Waals surface area contributed by atoms with E-state index in [9.17, 15) is 9.59 Å². The summed E-state index contributed by atoms with van der Waals surface area (Å²) in [4.78, 5) is 30.4. The molecule has 1 N–H and O–H groups in total. The first-order valence-corrected chi connectivity index (χ1v) is 5.81. The van der Waals surface area contributed by atoms with Gasteiger partial charge in [0.2, 0.25) is 0 Å². The number of fused-ring (bicyclic) bond motifs is 1. The minimum Gasteiger partial charge on any atom is -0.478 e. The number of nitrogens with zero attached hydrogens (tertiary/aromatic N) is 3. The van der Waals surface area contributed by atoms with Crippen molar-refractivity contribution in [2.75, 3.05) is 0 Å². The van der Waals surface area contributed by atoms with Crippen LogP contribution in [0.15, 0.2) is 42.9 Å². The molecule has 0 amide bonds. The van der Waals surface area contributed by atoms with Crippen LogP contribution in [-0.2, 0) is 0 Å². The highest BCUT2D eigenvalue weighted by Gasteiger charge is 2.14. The second kappa shape index (κ2) is 4.58. The third-order valence-corrected chi connectivity index (χ3v) is 2.95. The van der Waals surface area contributed by atoms with Gasteiger partial charge in [-0.15, -0.1) is 0 Å². The normalized spacial score (nSPS) is 10.6. The predicted molar refractivity (Wildman–Crippen MR) is 70.8 cm³/mol. The van der Waals surface area contributed by atoms with Crippen molar-refractivity contribution in [2.24, 2.45) is 0 Å². The van der Waals surface area contributed by atoms with E-state index in [-0.39, 0.29) is 11.3 Å². The minimum atomic E-state index is -1.05. The Morgan fingerprint density at radius 1 is 1.35 bits per heavy atom. The van der Waals surface area contributed by atoms with Gasteiger partial charge in [-0.05, 0) is 24.3 Å². The van der Waals surface area contributed by atoms with Gasteiger partial charge in [0.05, 0.1) is 11.1 Å². The van der Waals surface area contributed by atoms with Crippen LogP contribution in [0.4, 0.5) is 0 Å². The summed E-state index contributed by atoms with van der Waals surface area (Å²) in [6, 6.07) is 6.48. The smallest absolute Gasteiger partial charge is 0.335 e. The van der Waals surface area contributed by atoms with Gasteiger partial charge in [-0.3, -0.25) is 14.2 Å². The molecule has 6 nitrogen and oxygen atoms in total. The van der Waals surface area contributed by atoms with Gasteiger partial charge in [0.1, 0.15) is 11.5 Å². The summed E-state index contributed by atoms with van der Waals surface area (Å²) in [6.45, 7) is 0. The molecule has 0 saturated heterocycles. The molecule has 0 aliphatic heterocycles. The quantitative estimate of drug-likeness (QED) is 0.733. The highest BCUT2D eigenvalue weighted by Crippen LogP contribution is 2.22. The maximum atomic E-state index is 11.1. The summed E-state index contributed by atoms with van der Waals surface area (Å²) < 4.78 is 1.67. The molecule has 0 saturated carbocycles. The van der Waals surface area contributed by atoms with E-state index in [1.807, 2.05) is 6.07 Å². The van der Waals surface area contributed by atoms with Crippen LogP contribution in [0, 0.1) is 0 Å². The average Bonchev–Trinajstić information content (AvgIpc) is 2.86. The number of aldehydes is 1. The summed E-state index contributed by atoms with van der Waals surface area (Å²) in [5.41, 5.74) is 1.52. The van der Waals surface area contributed by atoms with Crippen LogP contribution in [0.1, 0.15) is 20.8 Å². The molecule has 20 heavy (non-hydrogen) atoms. The van der Waals surface area contributed by atoms with E-state index in [0.717, 1.165) is 5.56 Å². The Balaban J connectivity index is 2.30. The molecule has 0 radical (unpaired) electrons. The number of rotatable bonds is 3. The summed E-state index contributed by atoms with van der Waals surface area (Å²) >= 11 is 0. The zero-order chi connectivity index (χ0) is 14.1. The molecule has 0 atom stereocenters. The SMILES string of the molecule is O=Cc1nc(-c2cccnc2)n2ccc(C(=O)O)cc12. The molecule has 0 fully saturated rings. The van der Waals surface area contributed by atoms with E-state index in [4.69, 9.17) is 5.11 Å². The molecule has 3 heterocycles. The minimum absolute atomic E-state index is 0.109. The van der Waals surface area contributed by atoms with E-state index in [1.54, 1.807) is 29.1 Å². The highest BCUT2D eigenvalue weighted by molar-refractivity contribution is 5.92. The molecule has 3 aromatic rings. The highest BCUT2D eigenvalue weighted by atomic mass is 16.4. The molecule has 0 spiro atoms. The molecule has 0 unspecified atom stereocenters. The van der Waals surface area contributed by atoms with Crippen LogP contribution in [0.2, 0.25) is 0 Å². The van der Waals surface area contributed by atoms with Crippen LogP contribution in [0.25, 0.3) is 16.9 Å². The molecule has 0 bridgehead atoms. The van der Waals surface area contributed by atoms with Gasteiger partial charge in [-0.25, -0.2) is 9.78 Å². The number of carboxylic acids is 1. The van der Waals surface area contributed by atoms with Crippen LogP contribution >= 0.6 is 0 Å². The van der Waals surface area contributed by atoms with E-state index >= 15 is 0 Å². The van der Waals surface area contributed by atoms with Gasteiger partial charge >= 0.3 is 5.97 Å². The Bertz CT molecular complexity index is 809. The molecule has 0 aliphatic rings. The van der Waals surface area contributed by atoms with Crippen molar-refractivity contribution in [2.45, 2.75) is 0 Å². The number of carbonyl (C=O) groups is 2. The summed E-state index contributed by atoms with van der Waals surface area (Å²) in [5.74, 6) is -0.499. The number of aromatic nitrogens is 3. The molecule has 98 valence electrons. The number of carbonyl (C=O) groups excluding carboxylic acids is 1. The second-order valence-electron chi connectivity index (χ2n) is 4.16.